The Morgan fingerprint density at radius 1 is 1.35 bits per heavy atom. The number of nitrogens with zero attached hydrogens (tertiary/aromatic N) is 1. The molecule has 1 aliphatic rings. The Labute approximate surface area is 98.4 Å². The highest BCUT2D eigenvalue weighted by atomic mass is 19.1. The van der Waals surface area contributed by atoms with Crippen LogP contribution >= 0.6 is 0 Å². The van der Waals surface area contributed by atoms with Gasteiger partial charge in [-0.2, -0.15) is 0 Å². The van der Waals surface area contributed by atoms with E-state index in [1.54, 1.807) is 19.1 Å². The molecule has 0 aliphatic carbocycles. The normalized spacial score (nSPS) is 16.7. The molecule has 2 amide bonds. The number of rotatable bonds is 1. The summed E-state index contributed by atoms with van der Waals surface area (Å²) in [6, 6.07) is 4.63. The smallest absolute Gasteiger partial charge is 0.246 e. The minimum absolute atomic E-state index is 0.0334. The van der Waals surface area contributed by atoms with Gasteiger partial charge in [-0.25, -0.2) is 4.39 Å². The summed E-state index contributed by atoms with van der Waals surface area (Å²) in [7, 11) is 0. The number of aryl methyl sites for hydroxylation is 1. The lowest BCUT2D eigenvalue weighted by Gasteiger charge is -2.20. The van der Waals surface area contributed by atoms with Gasteiger partial charge in [0.05, 0.1) is 6.54 Å². The van der Waals surface area contributed by atoms with Crippen molar-refractivity contribution in [1.29, 1.82) is 0 Å². The van der Waals surface area contributed by atoms with Crippen molar-refractivity contribution < 1.29 is 14.0 Å². The van der Waals surface area contributed by atoms with Gasteiger partial charge in [-0.1, -0.05) is 6.07 Å². The monoisotopic (exact) mass is 236 g/mol. The minimum Gasteiger partial charge on any atom is -0.347 e. The molecule has 17 heavy (non-hydrogen) atoms. The molecule has 0 aromatic heterocycles. The van der Waals surface area contributed by atoms with Crippen molar-refractivity contribution in [3.63, 3.8) is 0 Å². The first kappa shape index (κ1) is 11.6. The van der Waals surface area contributed by atoms with Crippen molar-refractivity contribution >= 4 is 17.5 Å². The van der Waals surface area contributed by atoms with Crippen molar-refractivity contribution in [2.45, 2.75) is 13.3 Å². The second kappa shape index (κ2) is 4.53. The second-order valence-corrected chi connectivity index (χ2v) is 4.01. The summed E-state index contributed by atoms with van der Waals surface area (Å²) >= 11 is 0. The van der Waals surface area contributed by atoms with Crippen LogP contribution in [0.2, 0.25) is 0 Å². The first-order valence-electron chi connectivity index (χ1n) is 5.41. The van der Waals surface area contributed by atoms with Crippen LogP contribution in [0.1, 0.15) is 12.0 Å². The fourth-order valence-electron chi connectivity index (χ4n) is 1.72. The molecule has 0 bridgehead atoms. The van der Waals surface area contributed by atoms with Crippen molar-refractivity contribution in [2.24, 2.45) is 0 Å². The number of benzene rings is 1. The van der Waals surface area contributed by atoms with Gasteiger partial charge in [0.2, 0.25) is 11.8 Å². The van der Waals surface area contributed by atoms with E-state index < -0.39 is 0 Å². The number of hydrogen-bond donors (Lipinski definition) is 1. The molecule has 0 atom stereocenters. The zero-order valence-electron chi connectivity index (χ0n) is 9.50. The summed E-state index contributed by atoms with van der Waals surface area (Å²) in [6.07, 6.45) is 0.237. The lowest BCUT2D eigenvalue weighted by atomic mass is 10.2. The third-order valence-electron chi connectivity index (χ3n) is 2.77. The van der Waals surface area contributed by atoms with Crippen molar-refractivity contribution in [3.8, 4) is 0 Å². The molecule has 90 valence electrons. The number of halogens is 1. The predicted octanol–water partition coefficient (Wildman–Crippen LogP) is 0.987. The largest absolute Gasteiger partial charge is 0.347 e. The molecule has 2 rings (SSSR count). The highest BCUT2D eigenvalue weighted by Gasteiger charge is 2.21. The standard InChI is InChI=1S/C12H13FN2O2/c1-8-2-3-9(6-10(8)13)15-5-4-11(16)14-7-12(15)17/h2-3,6H,4-5,7H2,1H3,(H,14,16). The molecule has 0 spiro atoms. The number of nitrogens with one attached hydrogen (secondary N) is 1. The Balaban J connectivity index is 2.28. The topological polar surface area (TPSA) is 49.4 Å². The highest BCUT2D eigenvalue weighted by molar-refractivity contribution is 5.98. The average molecular weight is 236 g/mol. The van der Waals surface area contributed by atoms with E-state index in [1.807, 2.05) is 0 Å². The van der Waals surface area contributed by atoms with Crippen LogP contribution in [0.5, 0.6) is 0 Å². The highest BCUT2D eigenvalue weighted by Crippen LogP contribution is 2.19. The zero-order chi connectivity index (χ0) is 12.4. The molecule has 1 aromatic rings. The number of hydrogen-bond acceptors (Lipinski definition) is 2. The van der Waals surface area contributed by atoms with E-state index in [0.717, 1.165) is 0 Å². The van der Waals surface area contributed by atoms with Crippen molar-refractivity contribution in [1.82, 2.24) is 5.32 Å². The Kier molecular flexibility index (Phi) is 3.08. The molecule has 1 saturated heterocycles. The minimum atomic E-state index is -0.348. The van der Waals surface area contributed by atoms with E-state index in [9.17, 15) is 14.0 Å². The fourth-order valence-corrected chi connectivity index (χ4v) is 1.72. The molecule has 4 nitrogen and oxygen atoms in total. The summed E-state index contributed by atoms with van der Waals surface area (Å²) in [4.78, 5) is 24.3. The third kappa shape index (κ3) is 2.43. The van der Waals surface area contributed by atoms with Crippen LogP contribution in [0.4, 0.5) is 10.1 Å². The molecular formula is C12H13FN2O2. The second-order valence-electron chi connectivity index (χ2n) is 4.01. The van der Waals surface area contributed by atoms with Gasteiger partial charge in [-0.05, 0) is 24.6 Å². The number of amides is 2. The van der Waals surface area contributed by atoms with Gasteiger partial charge >= 0.3 is 0 Å². The summed E-state index contributed by atoms with van der Waals surface area (Å²) in [5.41, 5.74) is 1.03. The Morgan fingerprint density at radius 3 is 2.82 bits per heavy atom. The average Bonchev–Trinajstić information content (AvgIpc) is 2.46. The maximum absolute atomic E-state index is 13.4. The first-order valence-corrected chi connectivity index (χ1v) is 5.41. The zero-order valence-corrected chi connectivity index (χ0v) is 9.50. The Morgan fingerprint density at radius 2 is 2.12 bits per heavy atom. The molecular weight excluding hydrogens is 223 g/mol. The molecule has 0 unspecified atom stereocenters. The summed E-state index contributed by atoms with van der Waals surface area (Å²) in [6.45, 7) is 1.91. The van der Waals surface area contributed by atoms with Gasteiger partial charge < -0.3 is 10.2 Å². The summed E-state index contributed by atoms with van der Waals surface area (Å²) in [5.74, 6) is -0.730. The van der Waals surface area contributed by atoms with E-state index >= 15 is 0 Å². The van der Waals surface area contributed by atoms with E-state index in [1.165, 1.54) is 11.0 Å². The lowest BCUT2D eigenvalue weighted by molar-refractivity contribution is -0.123. The van der Waals surface area contributed by atoms with E-state index in [0.29, 0.717) is 11.3 Å². The van der Waals surface area contributed by atoms with E-state index in [-0.39, 0.29) is 37.1 Å². The maximum atomic E-state index is 13.4. The molecule has 5 heteroatoms. The van der Waals surface area contributed by atoms with Gasteiger partial charge in [0, 0.05) is 18.7 Å². The van der Waals surface area contributed by atoms with E-state index in [2.05, 4.69) is 5.32 Å². The molecule has 1 fully saturated rings. The summed E-state index contributed by atoms with van der Waals surface area (Å²) in [5, 5.41) is 2.50. The number of anilines is 1. The molecule has 1 aromatic carbocycles. The molecule has 1 N–H and O–H groups in total. The molecule has 0 radical (unpaired) electrons. The van der Waals surface area contributed by atoms with E-state index in [4.69, 9.17) is 0 Å². The Bertz CT molecular complexity index is 474. The predicted molar refractivity (Wildman–Crippen MR) is 61.1 cm³/mol. The third-order valence-corrected chi connectivity index (χ3v) is 2.77. The van der Waals surface area contributed by atoms with Crippen LogP contribution in [0.25, 0.3) is 0 Å². The van der Waals surface area contributed by atoms with Gasteiger partial charge in [0.1, 0.15) is 5.82 Å². The van der Waals surface area contributed by atoms with Crippen LogP contribution < -0.4 is 10.2 Å². The lowest BCUT2D eigenvalue weighted by Crippen LogP contribution is -2.35. The van der Waals surface area contributed by atoms with Crippen LogP contribution in [0.3, 0.4) is 0 Å². The van der Waals surface area contributed by atoms with Crippen LogP contribution in [0.15, 0.2) is 18.2 Å². The van der Waals surface area contributed by atoms with Crippen LogP contribution in [0, 0.1) is 12.7 Å². The maximum Gasteiger partial charge on any atom is 0.246 e. The first-order chi connectivity index (χ1) is 8.08. The van der Waals surface area contributed by atoms with Gasteiger partial charge in [0.15, 0.2) is 0 Å². The van der Waals surface area contributed by atoms with Crippen LogP contribution in [-0.4, -0.2) is 24.9 Å². The fraction of sp³-hybridized carbons (Fsp3) is 0.333. The van der Waals surface area contributed by atoms with Crippen molar-refractivity contribution in [3.05, 3.63) is 29.6 Å². The molecule has 1 aliphatic heterocycles. The van der Waals surface area contributed by atoms with Gasteiger partial charge in [-0.15, -0.1) is 0 Å². The Hall–Kier alpha value is -1.91. The molecule has 0 saturated carbocycles. The van der Waals surface area contributed by atoms with Gasteiger partial charge in [0.25, 0.3) is 0 Å². The summed E-state index contributed by atoms with van der Waals surface area (Å²) < 4.78 is 13.4. The van der Waals surface area contributed by atoms with Crippen LogP contribution in [-0.2, 0) is 9.59 Å². The SMILES string of the molecule is Cc1ccc(N2CCC(=O)NCC2=O)cc1F. The quantitative estimate of drug-likeness (QED) is 0.790. The number of carbonyl (C=O) groups is 2. The van der Waals surface area contributed by atoms with Crippen molar-refractivity contribution in [2.75, 3.05) is 18.0 Å². The number of carbonyl (C=O) groups excluding carboxylic acids is 2. The molecule has 1 heterocycles. The van der Waals surface area contributed by atoms with Gasteiger partial charge in [-0.3, -0.25) is 9.59 Å².